The lowest BCUT2D eigenvalue weighted by molar-refractivity contribution is 0.0690. The average molecular weight is 366 g/mol. The number of aromatic nitrogens is 3. The van der Waals surface area contributed by atoms with Gasteiger partial charge < -0.3 is 4.90 Å². The highest BCUT2D eigenvalue weighted by atomic mass is 32.2. The maximum Gasteiger partial charge on any atom is 0.254 e. The van der Waals surface area contributed by atoms with Crippen LogP contribution in [0, 0.1) is 0 Å². The SMILES string of the molecule is CC(C)N(Cc1cnn(C)c1)C(=O)c1ccc(Sc2ccccn2)cc1. The lowest BCUT2D eigenvalue weighted by atomic mass is 10.1. The zero-order valence-electron chi connectivity index (χ0n) is 15.2. The predicted octanol–water partition coefficient (Wildman–Crippen LogP) is 4.02. The highest BCUT2D eigenvalue weighted by Gasteiger charge is 2.19. The summed E-state index contributed by atoms with van der Waals surface area (Å²) >= 11 is 1.58. The molecule has 0 saturated carbocycles. The van der Waals surface area contributed by atoms with Crippen LogP contribution < -0.4 is 0 Å². The summed E-state index contributed by atoms with van der Waals surface area (Å²) in [7, 11) is 1.88. The number of hydrogen-bond donors (Lipinski definition) is 0. The first kappa shape index (κ1) is 18.2. The van der Waals surface area contributed by atoms with E-state index < -0.39 is 0 Å². The third-order valence-corrected chi connectivity index (χ3v) is 4.92. The number of benzene rings is 1. The van der Waals surface area contributed by atoms with Gasteiger partial charge in [-0.3, -0.25) is 9.48 Å². The Morgan fingerprint density at radius 3 is 2.54 bits per heavy atom. The van der Waals surface area contributed by atoms with Crippen LogP contribution in [0.1, 0.15) is 29.8 Å². The van der Waals surface area contributed by atoms with Gasteiger partial charge in [0.15, 0.2) is 0 Å². The predicted molar refractivity (Wildman–Crippen MR) is 103 cm³/mol. The molecule has 1 aromatic carbocycles. The number of nitrogens with zero attached hydrogens (tertiary/aromatic N) is 4. The fourth-order valence-electron chi connectivity index (χ4n) is 2.60. The van der Waals surface area contributed by atoms with Gasteiger partial charge in [-0.15, -0.1) is 0 Å². The quantitative estimate of drug-likeness (QED) is 0.661. The molecule has 0 aliphatic heterocycles. The fourth-order valence-corrected chi connectivity index (χ4v) is 3.37. The van der Waals surface area contributed by atoms with Crippen molar-refractivity contribution < 1.29 is 4.79 Å². The van der Waals surface area contributed by atoms with Gasteiger partial charge in [0.2, 0.25) is 0 Å². The molecule has 0 fully saturated rings. The molecule has 5 nitrogen and oxygen atoms in total. The molecule has 26 heavy (non-hydrogen) atoms. The van der Waals surface area contributed by atoms with Crippen molar-refractivity contribution in [3.8, 4) is 0 Å². The van der Waals surface area contributed by atoms with Gasteiger partial charge >= 0.3 is 0 Å². The maximum atomic E-state index is 12.9. The molecular weight excluding hydrogens is 344 g/mol. The van der Waals surface area contributed by atoms with Crippen LogP contribution in [0.15, 0.2) is 71.0 Å². The van der Waals surface area contributed by atoms with Gasteiger partial charge in [0.05, 0.1) is 6.20 Å². The first-order valence-corrected chi connectivity index (χ1v) is 9.32. The first-order chi connectivity index (χ1) is 12.5. The van der Waals surface area contributed by atoms with E-state index in [0.717, 1.165) is 15.5 Å². The standard InChI is InChI=1S/C20H22N4OS/c1-15(2)24(14-16-12-22-23(3)13-16)20(25)17-7-9-18(10-8-17)26-19-6-4-5-11-21-19/h4-13,15H,14H2,1-3H3. The molecule has 0 saturated heterocycles. The number of pyridine rings is 1. The summed E-state index contributed by atoms with van der Waals surface area (Å²) in [5, 5.41) is 5.12. The Morgan fingerprint density at radius 1 is 1.19 bits per heavy atom. The van der Waals surface area contributed by atoms with Gasteiger partial charge in [-0.25, -0.2) is 4.98 Å². The second-order valence-electron chi connectivity index (χ2n) is 6.34. The van der Waals surface area contributed by atoms with Crippen molar-refractivity contribution in [2.75, 3.05) is 0 Å². The maximum absolute atomic E-state index is 12.9. The van der Waals surface area contributed by atoms with Crippen LogP contribution in [0.25, 0.3) is 0 Å². The molecule has 2 heterocycles. The third kappa shape index (κ3) is 4.52. The largest absolute Gasteiger partial charge is 0.332 e. The summed E-state index contributed by atoms with van der Waals surface area (Å²) in [4.78, 5) is 20.2. The number of amides is 1. The average Bonchev–Trinajstić information content (AvgIpc) is 3.05. The Labute approximate surface area is 158 Å². The van der Waals surface area contributed by atoms with Gasteiger partial charge in [0.25, 0.3) is 5.91 Å². The van der Waals surface area contributed by atoms with E-state index in [9.17, 15) is 4.79 Å². The van der Waals surface area contributed by atoms with Crippen molar-refractivity contribution in [3.63, 3.8) is 0 Å². The fraction of sp³-hybridized carbons (Fsp3) is 0.250. The number of carbonyl (C=O) groups is 1. The summed E-state index contributed by atoms with van der Waals surface area (Å²) in [6.45, 7) is 4.61. The number of hydrogen-bond acceptors (Lipinski definition) is 4. The van der Waals surface area contributed by atoms with Crippen LogP contribution in [0.3, 0.4) is 0 Å². The van der Waals surface area contributed by atoms with E-state index >= 15 is 0 Å². The molecule has 0 bridgehead atoms. The topological polar surface area (TPSA) is 51.0 Å². The molecule has 1 amide bonds. The Balaban J connectivity index is 1.72. The first-order valence-electron chi connectivity index (χ1n) is 8.50. The van der Waals surface area contributed by atoms with Crippen molar-refractivity contribution >= 4 is 17.7 Å². The summed E-state index contributed by atoms with van der Waals surface area (Å²) < 4.78 is 1.75. The molecule has 0 atom stereocenters. The van der Waals surface area contributed by atoms with Crippen molar-refractivity contribution in [1.29, 1.82) is 0 Å². The molecule has 3 rings (SSSR count). The van der Waals surface area contributed by atoms with E-state index in [4.69, 9.17) is 0 Å². The molecule has 2 aromatic heterocycles. The van der Waals surface area contributed by atoms with E-state index in [0.29, 0.717) is 12.1 Å². The Kier molecular flexibility index (Phi) is 5.73. The van der Waals surface area contributed by atoms with Crippen LogP contribution in [0.2, 0.25) is 0 Å². The summed E-state index contributed by atoms with van der Waals surface area (Å²) in [5.41, 5.74) is 1.71. The minimum absolute atomic E-state index is 0.0261. The molecule has 0 radical (unpaired) electrons. The van der Waals surface area contributed by atoms with Crippen LogP contribution >= 0.6 is 11.8 Å². The van der Waals surface area contributed by atoms with Crippen molar-refractivity contribution in [2.24, 2.45) is 7.05 Å². The molecule has 0 aliphatic carbocycles. The van der Waals surface area contributed by atoms with Crippen molar-refractivity contribution in [1.82, 2.24) is 19.7 Å². The molecule has 0 N–H and O–H groups in total. The molecule has 0 aliphatic rings. The van der Waals surface area contributed by atoms with Crippen molar-refractivity contribution in [3.05, 3.63) is 72.2 Å². The zero-order chi connectivity index (χ0) is 18.5. The minimum atomic E-state index is 0.0261. The van der Waals surface area contributed by atoms with Gasteiger partial charge in [-0.1, -0.05) is 17.8 Å². The van der Waals surface area contributed by atoms with Gasteiger partial charge in [-0.05, 0) is 50.2 Å². The van der Waals surface area contributed by atoms with Gasteiger partial charge in [0.1, 0.15) is 5.03 Å². The van der Waals surface area contributed by atoms with E-state index in [1.54, 1.807) is 28.8 Å². The number of rotatable bonds is 6. The lowest BCUT2D eigenvalue weighted by Gasteiger charge is -2.26. The molecule has 0 unspecified atom stereocenters. The summed E-state index contributed by atoms with van der Waals surface area (Å²) in [6, 6.07) is 13.6. The minimum Gasteiger partial charge on any atom is -0.332 e. The molecule has 6 heteroatoms. The molecule has 3 aromatic rings. The normalized spacial score (nSPS) is 10.9. The highest BCUT2D eigenvalue weighted by molar-refractivity contribution is 7.99. The lowest BCUT2D eigenvalue weighted by Crippen LogP contribution is -2.36. The van der Waals surface area contributed by atoms with E-state index in [-0.39, 0.29) is 11.9 Å². The van der Waals surface area contributed by atoms with E-state index in [1.165, 1.54) is 0 Å². The molecule has 134 valence electrons. The van der Waals surface area contributed by atoms with E-state index in [2.05, 4.69) is 10.1 Å². The Hall–Kier alpha value is -2.60. The summed E-state index contributed by atoms with van der Waals surface area (Å²) in [6.07, 6.45) is 5.52. The Morgan fingerprint density at radius 2 is 1.96 bits per heavy atom. The van der Waals surface area contributed by atoms with Gasteiger partial charge in [-0.2, -0.15) is 5.10 Å². The number of aryl methyl sites for hydroxylation is 1. The van der Waals surface area contributed by atoms with Crippen LogP contribution in [-0.4, -0.2) is 31.6 Å². The monoisotopic (exact) mass is 366 g/mol. The highest BCUT2D eigenvalue weighted by Crippen LogP contribution is 2.26. The molecule has 0 spiro atoms. The molecular formula is C20H22N4OS. The number of carbonyl (C=O) groups excluding carboxylic acids is 1. The summed E-state index contributed by atoms with van der Waals surface area (Å²) in [5.74, 6) is 0.0261. The van der Waals surface area contributed by atoms with E-state index in [1.807, 2.05) is 74.5 Å². The third-order valence-electron chi connectivity index (χ3n) is 3.96. The zero-order valence-corrected chi connectivity index (χ0v) is 16.0. The van der Waals surface area contributed by atoms with Gasteiger partial charge in [0, 0.05) is 48.1 Å². The second-order valence-corrected chi connectivity index (χ2v) is 7.44. The smallest absolute Gasteiger partial charge is 0.254 e. The van der Waals surface area contributed by atoms with Crippen LogP contribution in [0.4, 0.5) is 0 Å². The van der Waals surface area contributed by atoms with Crippen LogP contribution in [-0.2, 0) is 13.6 Å². The Bertz CT molecular complexity index is 859. The second kappa shape index (κ2) is 8.19. The van der Waals surface area contributed by atoms with Crippen molar-refractivity contribution in [2.45, 2.75) is 36.4 Å². The van der Waals surface area contributed by atoms with Crippen LogP contribution in [0.5, 0.6) is 0 Å².